The molecule has 0 radical (unpaired) electrons. The zero-order valence-corrected chi connectivity index (χ0v) is 13.0. The Kier molecular flexibility index (Phi) is 4.48. The number of ether oxygens (including phenoxy) is 1. The molecule has 0 aromatic heterocycles. The molecule has 3 heteroatoms. The number of aryl methyl sites for hydroxylation is 1. The zero-order chi connectivity index (χ0) is 14.8. The van der Waals surface area contributed by atoms with Gasteiger partial charge >= 0.3 is 0 Å². The second kappa shape index (κ2) is 5.96. The first-order chi connectivity index (χ1) is 9.52. The summed E-state index contributed by atoms with van der Waals surface area (Å²) in [6, 6.07) is 5.82. The predicted molar refractivity (Wildman–Crippen MR) is 81.6 cm³/mol. The molecule has 0 amide bonds. The number of hydrogen-bond donors (Lipinski definition) is 0. The molecule has 2 rings (SSSR count). The van der Waals surface area contributed by atoms with Gasteiger partial charge in [-0.3, -0.25) is 9.69 Å². The Morgan fingerprint density at radius 1 is 1.35 bits per heavy atom. The Hall–Kier alpha value is -1.35. The standard InChI is InChI=1S/C17H25NO2/c1-5-17(3,18-10-6-7-11-18)16(19)14-12-13(2)8-9-15(14)20-4/h8-9,12H,5-7,10-11H2,1-4H3. The molecule has 0 bridgehead atoms. The quantitative estimate of drug-likeness (QED) is 0.771. The normalized spacial score (nSPS) is 18.8. The van der Waals surface area contributed by atoms with Crippen molar-refractivity contribution in [3.63, 3.8) is 0 Å². The molecule has 1 aromatic rings. The van der Waals surface area contributed by atoms with Gasteiger partial charge in [0.25, 0.3) is 0 Å². The van der Waals surface area contributed by atoms with E-state index in [0.717, 1.165) is 25.1 Å². The Balaban J connectivity index is 2.39. The van der Waals surface area contributed by atoms with E-state index in [9.17, 15) is 4.79 Å². The summed E-state index contributed by atoms with van der Waals surface area (Å²) in [5, 5.41) is 0. The van der Waals surface area contributed by atoms with Crippen LogP contribution in [0.5, 0.6) is 5.75 Å². The van der Waals surface area contributed by atoms with Gasteiger partial charge in [0.05, 0.1) is 18.2 Å². The van der Waals surface area contributed by atoms with Crippen LogP contribution in [0.25, 0.3) is 0 Å². The van der Waals surface area contributed by atoms with E-state index in [0.29, 0.717) is 11.3 Å². The van der Waals surface area contributed by atoms with Crippen molar-refractivity contribution in [1.29, 1.82) is 0 Å². The van der Waals surface area contributed by atoms with Crippen molar-refractivity contribution < 1.29 is 9.53 Å². The van der Waals surface area contributed by atoms with Gasteiger partial charge in [0.2, 0.25) is 0 Å². The van der Waals surface area contributed by atoms with Crippen molar-refractivity contribution >= 4 is 5.78 Å². The molecule has 1 aliphatic heterocycles. The van der Waals surface area contributed by atoms with Crippen LogP contribution in [-0.2, 0) is 0 Å². The van der Waals surface area contributed by atoms with E-state index >= 15 is 0 Å². The van der Waals surface area contributed by atoms with E-state index in [4.69, 9.17) is 4.74 Å². The highest BCUT2D eigenvalue weighted by Crippen LogP contribution is 2.32. The van der Waals surface area contributed by atoms with Crippen molar-refractivity contribution in [2.45, 2.75) is 45.6 Å². The largest absolute Gasteiger partial charge is 0.496 e. The third-order valence-corrected chi connectivity index (χ3v) is 4.58. The first kappa shape index (κ1) is 15.0. The summed E-state index contributed by atoms with van der Waals surface area (Å²) in [6.45, 7) is 8.21. The van der Waals surface area contributed by atoms with Crippen molar-refractivity contribution in [3.8, 4) is 5.75 Å². The molecule has 20 heavy (non-hydrogen) atoms. The lowest BCUT2D eigenvalue weighted by Gasteiger charge is -2.37. The third kappa shape index (κ3) is 2.59. The number of benzene rings is 1. The molecule has 1 aromatic carbocycles. The summed E-state index contributed by atoms with van der Waals surface area (Å²) < 4.78 is 5.38. The molecule has 1 atom stereocenters. The average Bonchev–Trinajstić information content (AvgIpc) is 3.00. The molecule has 1 fully saturated rings. The fourth-order valence-electron chi connectivity index (χ4n) is 3.03. The molecule has 0 aliphatic carbocycles. The van der Waals surface area contributed by atoms with Crippen LogP contribution in [0.4, 0.5) is 0 Å². The van der Waals surface area contributed by atoms with Gasteiger partial charge < -0.3 is 4.74 Å². The van der Waals surface area contributed by atoms with Crippen LogP contribution < -0.4 is 4.74 Å². The lowest BCUT2D eigenvalue weighted by atomic mass is 9.86. The topological polar surface area (TPSA) is 29.5 Å². The molecule has 0 N–H and O–H groups in total. The maximum Gasteiger partial charge on any atom is 0.186 e. The Morgan fingerprint density at radius 3 is 2.55 bits per heavy atom. The highest BCUT2D eigenvalue weighted by atomic mass is 16.5. The number of nitrogens with zero attached hydrogens (tertiary/aromatic N) is 1. The van der Waals surface area contributed by atoms with Crippen LogP contribution in [0.3, 0.4) is 0 Å². The van der Waals surface area contributed by atoms with Gasteiger partial charge in [0, 0.05) is 0 Å². The van der Waals surface area contributed by atoms with E-state index in [1.165, 1.54) is 12.8 Å². The van der Waals surface area contributed by atoms with E-state index in [-0.39, 0.29) is 5.78 Å². The minimum atomic E-state index is -0.419. The molecule has 0 saturated carbocycles. The second-order valence-electron chi connectivity index (χ2n) is 5.85. The van der Waals surface area contributed by atoms with Gasteiger partial charge in [-0.1, -0.05) is 18.6 Å². The van der Waals surface area contributed by atoms with Crippen molar-refractivity contribution in [1.82, 2.24) is 4.90 Å². The lowest BCUT2D eigenvalue weighted by Crippen LogP contribution is -2.50. The summed E-state index contributed by atoms with van der Waals surface area (Å²) in [5.41, 5.74) is 1.38. The van der Waals surface area contributed by atoms with E-state index < -0.39 is 5.54 Å². The fourth-order valence-corrected chi connectivity index (χ4v) is 3.03. The molecule has 1 aliphatic rings. The summed E-state index contributed by atoms with van der Waals surface area (Å²) in [5.74, 6) is 0.863. The summed E-state index contributed by atoms with van der Waals surface area (Å²) >= 11 is 0. The molecular formula is C17H25NO2. The highest BCUT2D eigenvalue weighted by molar-refractivity contribution is 6.05. The molecule has 110 valence electrons. The fraction of sp³-hybridized carbons (Fsp3) is 0.588. The smallest absolute Gasteiger partial charge is 0.186 e. The van der Waals surface area contributed by atoms with Crippen LogP contribution in [0.1, 0.15) is 49.0 Å². The van der Waals surface area contributed by atoms with Gasteiger partial charge in [0.1, 0.15) is 5.75 Å². The number of ketones is 1. The second-order valence-corrected chi connectivity index (χ2v) is 5.85. The number of Topliss-reactive ketones (excluding diaryl/α,β-unsaturated/α-hetero) is 1. The number of carbonyl (C=O) groups excluding carboxylic acids is 1. The van der Waals surface area contributed by atoms with Gasteiger partial charge in [-0.05, 0) is 58.3 Å². The average molecular weight is 275 g/mol. The third-order valence-electron chi connectivity index (χ3n) is 4.58. The summed E-state index contributed by atoms with van der Waals surface area (Å²) in [4.78, 5) is 15.4. The van der Waals surface area contributed by atoms with E-state index in [1.807, 2.05) is 25.1 Å². The van der Waals surface area contributed by atoms with Crippen molar-refractivity contribution in [2.75, 3.05) is 20.2 Å². The van der Waals surface area contributed by atoms with Crippen molar-refractivity contribution in [3.05, 3.63) is 29.3 Å². The monoisotopic (exact) mass is 275 g/mol. The van der Waals surface area contributed by atoms with Crippen LogP contribution >= 0.6 is 0 Å². The maximum atomic E-state index is 13.1. The van der Waals surface area contributed by atoms with Crippen LogP contribution in [0.15, 0.2) is 18.2 Å². The van der Waals surface area contributed by atoms with Gasteiger partial charge in [0.15, 0.2) is 5.78 Å². The summed E-state index contributed by atoms with van der Waals surface area (Å²) in [6.07, 6.45) is 3.20. The molecule has 3 nitrogen and oxygen atoms in total. The predicted octanol–water partition coefficient (Wildman–Crippen LogP) is 3.45. The Morgan fingerprint density at radius 2 is 2.00 bits per heavy atom. The first-order valence-corrected chi connectivity index (χ1v) is 7.47. The minimum absolute atomic E-state index is 0.183. The summed E-state index contributed by atoms with van der Waals surface area (Å²) in [7, 11) is 1.63. The number of carbonyl (C=O) groups is 1. The highest BCUT2D eigenvalue weighted by Gasteiger charge is 2.40. The SMILES string of the molecule is CCC(C)(C(=O)c1cc(C)ccc1OC)N1CCCC1. The van der Waals surface area contributed by atoms with Crippen LogP contribution in [0, 0.1) is 6.92 Å². The first-order valence-electron chi connectivity index (χ1n) is 7.47. The van der Waals surface area contributed by atoms with Gasteiger partial charge in [-0.2, -0.15) is 0 Å². The van der Waals surface area contributed by atoms with Gasteiger partial charge in [-0.25, -0.2) is 0 Å². The number of methoxy groups -OCH3 is 1. The molecule has 1 saturated heterocycles. The number of likely N-dealkylation sites (tertiary alicyclic amines) is 1. The lowest BCUT2D eigenvalue weighted by molar-refractivity contribution is 0.0644. The van der Waals surface area contributed by atoms with E-state index in [2.05, 4.69) is 18.7 Å². The molecule has 1 unspecified atom stereocenters. The molecule has 0 spiro atoms. The van der Waals surface area contributed by atoms with Crippen LogP contribution in [0.2, 0.25) is 0 Å². The Labute approximate surface area is 121 Å². The molecular weight excluding hydrogens is 250 g/mol. The number of hydrogen-bond acceptors (Lipinski definition) is 3. The maximum absolute atomic E-state index is 13.1. The van der Waals surface area contributed by atoms with Crippen LogP contribution in [-0.4, -0.2) is 36.4 Å². The van der Waals surface area contributed by atoms with Gasteiger partial charge in [-0.15, -0.1) is 0 Å². The van der Waals surface area contributed by atoms with Crippen molar-refractivity contribution in [2.24, 2.45) is 0 Å². The van der Waals surface area contributed by atoms with E-state index in [1.54, 1.807) is 7.11 Å². The zero-order valence-electron chi connectivity index (χ0n) is 13.0. The Bertz CT molecular complexity index is 492. The minimum Gasteiger partial charge on any atom is -0.496 e. The molecule has 1 heterocycles. The number of rotatable bonds is 5.